The van der Waals surface area contributed by atoms with E-state index in [-0.39, 0.29) is 26.1 Å². The van der Waals surface area contributed by atoms with Gasteiger partial charge in [-0.2, -0.15) is 0 Å². The third-order valence-electron chi connectivity index (χ3n) is 1.96. The lowest BCUT2D eigenvalue weighted by Gasteiger charge is -2.11. The number of epoxide rings is 1. The first-order chi connectivity index (χ1) is 9.08. The Bertz CT molecular complexity index is 323. The summed E-state index contributed by atoms with van der Waals surface area (Å²) < 4.78 is 19.5. The predicted molar refractivity (Wildman–Crippen MR) is 60.3 cm³/mol. The number of esters is 1. The van der Waals surface area contributed by atoms with Gasteiger partial charge in [-0.25, -0.2) is 9.59 Å². The van der Waals surface area contributed by atoms with Crippen molar-refractivity contribution in [1.82, 2.24) is 0 Å². The number of aliphatic hydroxyl groups is 1. The number of aliphatic hydroxyl groups excluding tert-OH is 1. The van der Waals surface area contributed by atoms with Crippen LogP contribution in [0.4, 0.5) is 0 Å². The zero-order chi connectivity index (χ0) is 14.1. The quantitative estimate of drug-likeness (QED) is 0.170. The van der Waals surface area contributed by atoms with Crippen LogP contribution >= 0.6 is 0 Å². The molecule has 108 valence electrons. The van der Waals surface area contributed by atoms with Crippen LogP contribution < -0.4 is 0 Å². The lowest BCUT2D eigenvalue weighted by molar-refractivity contribution is -0.144. The van der Waals surface area contributed by atoms with Crippen molar-refractivity contribution < 1.29 is 38.7 Å². The summed E-state index contributed by atoms with van der Waals surface area (Å²) in [5.41, 5.74) is 0. The molecule has 0 aromatic rings. The molecular weight excluding hydrogens is 260 g/mol. The first-order valence-electron chi connectivity index (χ1n) is 5.61. The van der Waals surface area contributed by atoms with Crippen LogP contribution in [0.2, 0.25) is 0 Å². The monoisotopic (exact) mass is 276 g/mol. The van der Waals surface area contributed by atoms with E-state index in [2.05, 4.69) is 4.74 Å². The van der Waals surface area contributed by atoms with Crippen LogP contribution in [-0.4, -0.2) is 67.6 Å². The number of ether oxygens (including phenoxy) is 4. The van der Waals surface area contributed by atoms with Gasteiger partial charge >= 0.3 is 11.9 Å². The minimum atomic E-state index is -1.25. The fraction of sp³-hybridized carbons (Fsp3) is 0.636. The fourth-order valence-corrected chi connectivity index (χ4v) is 1.00. The molecule has 1 saturated heterocycles. The lowest BCUT2D eigenvalue weighted by Crippen LogP contribution is -2.24. The first-order valence-corrected chi connectivity index (χ1v) is 5.61. The van der Waals surface area contributed by atoms with Gasteiger partial charge in [0.15, 0.2) is 0 Å². The van der Waals surface area contributed by atoms with E-state index in [9.17, 15) is 14.7 Å². The summed E-state index contributed by atoms with van der Waals surface area (Å²) in [6.07, 6.45) is 0.562. The Morgan fingerprint density at radius 1 is 1.32 bits per heavy atom. The van der Waals surface area contributed by atoms with Crippen molar-refractivity contribution in [3.05, 3.63) is 12.2 Å². The van der Waals surface area contributed by atoms with Crippen molar-refractivity contribution >= 4 is 11.9 Å². The smallest absolute Gasteiger partial charge is 0.331 e. The number of rotatable bonds is 10. The van der Waals surface area contributed by atoms with Gasteiger partial charge in [0.1, 0.15) is 25.6 Å². The van der Waals surface area contributed by atoms with Crippen molar-refractivity contribution in [3.8, 4) is 0 Å². The van der Waals surface area contributed by atoms with E-state index in [1.807, 2.05) is 0 Å². The average Bonchev–Trinajstić information content (AvgIpc) is 3.17. The molecule has 0 radical (unpaired) electrons. The fourth-order valence-electron chi connectivity index (χ4n) is 1.00. The number of hydrogen-bond donors (Lipinski definition) is 2. The van der Waals surface area contributed by atoms with Gasteiger partial charge in [-0.15, -0.1) is 0 Å². The molecular formula is C11H16O8. The molecule has 8 heteroatoms. The Morgan fingerprint density at radius 3 is 2.68 bits per heavy atom. The first kappa shape index (κ1) is 15.6. The van der Waals surface area contributed by atoms with Gasteiger partial charge in [0.2, 0.25) is 0 Å². The Balaban J connectivity index is 1.95. The molecule has 0 amide bonds. The van der Waals surface area contributed by atoms with Crippen LogP contribution in [0.15, 0.2) is 12.2 Å². The van der Waals surface area contributed by atoms with Gasteiger partial charge in [-0.1, -0.05) is 0 Å². The zero-order valence-corrected chi connectivity index (χ0v) is 10.2. The second-order valence-electron chi connectivity index (χ2n) is 3.77. The molecule has 0 bridgehead atoms. The molecule has 2 unspecified atom stereocenters. The molecule has 0 aromatic carbocycles. The van der Waals surface area contributed by atoms with Gasteiger partial charge < -0.3 is 29.2 Å². The molecule has 1 rings (SSSR count). The van der Waals surface area contributed by atoms with E-state index in [4.69, 9.17) is 19.3 Å². The van der Waals surface area contributed by atoms with E-state index in [0.717, 1.165) is 6.08 Å². The Labute approximate surface area is 109 Å². The van der Waals surface area contributed by atoms with Crippen LogP contribution in [0.3, 0.4) is 0 Å². The lowest BCUT2D eigenvalue weighted by atomic mass is 10.4. The number of hydrogen-bond acceptors (Lipinski definition) is 7. The molecule has 19 heavy (non-hydrogen) atoms. The van der Waals surface area contributed by atoms with Crippen molar-refractivity contribution in [2.75, 3.05) is 33.2 Å². The van der Waals surface area contributed by atoms with Crippen LogP contribution in [0.25, 0.3) is 0 Å². The normalized spacial score (nSPS) is 19.3. The molecule has 1 aliphatic heterocycles. The van der Waals surface area contributed by atoms with Gasteiger partial charge in [0.25, 0.3) is 0 Å². The second kappa shape index (κ2) is 8.59. The minimum absolute atomic E-state index is 0.0176. The van der Waals surface area contributed by atoms with Crippen molar-refractivity contribution in [3.63, 3.8) is 0 Å². The topological polar surface area (TPSA) is 115 Å². The van der Waals surface area contributed by atoms with E-state index in [0.29, 0.717) is 19.3 Å². The third-order valence-corrected chi connectivity index (χ3v) is 1.96. The summed E-state index contributed by atoms with van der Waals surface area (Å²) in [5, 5.41) is 17.6. The van der Waals surface area contributed by atoms with Crippen LogP contribution in [0.1, 0.15) is 0 Å². The summed E-state index contributed by atoms with van der Waals surface area (Å²) >= 11 is 0. The summed E-state index contributed by atoms with van der Waals surface area (Å²) in [4.78, 5) is 21.1. The standard InChI is InChI=1S/C11H16O8/c12-8(3-16-7-17-5-9-6-18-9)4-19-11(15)2-1-10(13)14/h1-2,8-9,12H,3-7H2,(H,13,14)/b2-1-. The molecule has 8 nitrogen and oxygen atoms in total. The maximum absolute atomic E-state index is 10.9. The number of carbonyl (C=O) groups excluding carboxylic acids is 1. The summed E-state index contributed by atoms with van der Waals surface area (Å²) in [5.74, 6) is -2.10. The number of carboxylic acids is 1. The predicted octanol–water partition coefficient (Wildman–Crippen LogP) is -1.08. The molecule has 0 aromatic heterocycles. The van der Waals surface area contributed by atoms with Crippen molar-refractivity contribution in [2.45, 2.75) is 12.2 Å². The highest BCUT2D eigenvalue weighted by Gasteiger charge is 2.22. The van der Waals surface area contributed by atoms with E-state index in [1.165, 1.54) is 0 Å². The van der Waals surface area contributed by atoms with Gasteiger partial charge in [0, 0.05) is 12.2 Å². The van der Waals surface area contributed by atoms with Gasteiger partial charge in [-0.3, -0.25) is 0 Å². The Kier molecular flexibility index (Phi) is 7.04. The number of aliphatic carboxylic acids is 1. The van der Waals surface area contributed by atoms with E-state index < -0.39 is 18.0 Å². The number of carboxylic acid groups (broad SMARTS) is 1. The van der Waals surface area contributed by atoms with Gasteiger partial charge in [-0.05, 0) is 0 Å². The molecule has 2 N–H and O–H groups in total. The molecule has 0 spiro atoms. The highest BCUT2D eigenvalue weighted by Crippen LogP contribution is 2.08. The van der Waals surface area contributed by atoms with E-state index >= 15 is 0 Å². The summed E-state index contributed by atoms with van der Waals surface area (Å²) in [6, 6.07) is 0. The maximum atomic E-state index is 10.9. The maximum Gasteiger partial charge on any atom is 0.331 e. The van der Waals surface area contributed by atoms with Gasteiger partial charge in [0.05, 0.1) is 19.8 Å². The largest absolute Gasteiger partial charge is 0.478 e. The van der Waals surface area contributed by atoms with Crippen LogP contribution in [-0.2, 0) is 28.5 Å². The molecule has 1 aliphatic rings. The zero-order valence-electron chi connectivity index (χ0n) is 10.2. The average molecular weight is 276 g/mol. The number of carbonyl (C=O) groups is 2. The van der Waals surface area contributed by atoms with E-state index in [1.54, 1.807) is 0 Å². The Morgan fingerprint density at radius 2 is 2.05 bits per heavy atom. The molecule has 2 atom stereocenters. The van der Waals surface area contributed by atoms with Crippen LogP contribution in [0, 0.1) is 0 Å². The summed E-state index contributed by atoms with van der Waals surface area (Å²) in [6.45, 7) is 0.827. The molecule has 1 heterocycles. The van der Waals surface area contributed by atoms with Crippen LogP contribution in [0.5, 0.6) is 0 Å². The third kappa shape index (κ3) is 9.14. The second-order valence-corrected chi connectivity index (χ2v) is 3.77. The summed E-state index contributed by atoms with van der Waals surface area (Å²) in [7, 11) is 0. The van der Waals surface area contributed by atoms with Crippen molar-refractivity contribution in [1.29, 1.82) is 0 Å². The minimum Gasteiger partial charge on any atom is -0.478 e. The van der Waals surface area contributed by atoms with Crippen molar-refractivity contribution in [2.24, 2.45) is 0 Å². The Hall–Kier alpha value is -1.48. The molecule has 0 aliphatic carbocycles. The SMILES string of the molecule is O=C(O)/C=C\C(=O)OCC(O)COCOCC1CO1. The highest BCUT2D eigenvalue weighted by atomic mass is 16.7. The molecule has 1 fully saturated rings. The highest BCUT2D eigenvalue weighted by molar-refractivity contribution is 5.90. The molecule has 0 saturated carbocycles.